The van der Waals surface area contributed by atoms with Gasteiger partial charge < -0.3 is 19.1 Å². The monoisotopic (exact) mass is 365 g/mol. The quantitative estimate of drug-likeness (QED) is 0.393. The molecule has 1 saturated heterocycles. The van der Waals surface area contributed by atoms with E-state index in [1.165, 1.54) is 25.9 Å². The van der Waals surface area contributed by atoms with Gasteiger partial charge in [0.05, 0.1) is 33.0 Å². The highest BCUT2D eigenvalue weighted by atomic mass is 79.9. The normalized spacial score (nSPS) is 23.6. The molecule has 1 rings (SSSR count). The Hall–Kier alpha value is 0.320. The largest absolute Gasteiger partial charge is 0.379 e. The number of hydrogen-bond acceptors (Lipinski definition) is 4. The lowest BCUT2D eigenvalue weighted by atomic mass is 10.0. The Kier molecular flexibility index (Phi) is 11.8. The van der Waals surface area contributed by atoms with Crippen LogP contribution in [0, 0.1) is 5.92 Å². The predicted molar refractivity (Wildman–Crippen MR) is 90.3 cm³/mol. The third kappa shape index (κ3) is 9.84. The van der Waals surface area contributed by atoms with Gasteiger partial charge in [-0.2, -0.15) is 0 Å². The molecule has 21 heavy (non-hydrogen) atoms. The number of piperidine rings is 1. The lowest BCUT2D eigenvalue weighted by Crippen LogP contribution is -2.41. The Labute approximate surface area is 138 Å². The minimum atomic E-state index is 0.664. The Morgan fingerprint density at radius 3 is 2.24 bits per heavy atom. The second kappa shape index (κ2) is 12.8. The number of alkyl halides is 1. The molecule has 2 atom stereocenters. The number of nitrogens with zero attached hydrogens (tertiary/aromatic N) is 1. The molecule has 0 aromatic heterocycles. The van der Waals surface area contributed by atoms with Gasteiger partial charge in [-0.25, -0.2) is 0 Å². The van der Waals surface area contributed by atoms with Gasteiger partial charge >= 0.3 is 0 Å². The summed E-state index contributed by atoms with van der Waals surface area (Å²) in [5, 5.41) is 0. The highest BCUT2D eigenvalue weighted by molar-refractivity contribution is 9.09. The van der Waals surface area contributed by atoms with Crippen molar-refractivity contribution in [2.24, 2.45) is 5.92 Å². The summed E-state index contributed by atoms with van der Waals surface area (Å²) in [4.78, 5) is 3.17. The van der Waals surface area contributed by atoms with Crippen LogP contribution >= 0.6 is 15.9 Å². The zero-order chi connectivity index (χ0) is 15.3. The predicted octanol–water partition coefficient (Wildman–Crippen LogP) is 2.94. The Morgan fingerprint density at radius 2 is 1.62 bits per heavy atom. The van der Waals surface area contributed by atoms with E-state index >= 15 is 0 Å². The number of rotatable bonds is 12. The maximum Gasteiger partial charge on any atom is 0.0701 e. The molecule has 0 aliphatic carbocycles. The molecule has 0 bridgehead atoms. The first-order chi connectivity index (χ1) is 10.2. The number of hydrogen-bond donors (Lipinski definition) is 0. The van der Waals surface area contributed by atoms with Crippen LogP contribution in [-0.4, -0.2) is 69.0 Å². The van der Waals surface area contributed by atoms with Crippen molar-refractivity contribution >= 4 is 15.9 Å². The van der Waals surface area contributed by atoms with Gasteiger partial charge in [0, 0.05) is 24.5 Å². The van der Waals surface area contributed by atoms with E-state index < -0.39 is 0 Å². The molecule has 1 aliphatic heterocycles. The van der Waals surface area contributed by atoms with E-state index in [-0.39, 0.29) is 0 Å². The average Bonchev–Trinajstić information content (AvgIpc) is 2.48. The molecule has 0 amide bonds. The van der Waals surface area contributed by atoms with Crippen molar-refractivity contribution in [3.63, 3.8) is 0 Å². The van der Waals surface area contributed by atoms with Crippen LogP contribution in [0.15, 0.2) is 0 Å². The smallest absolute Gasteiger partial charge is 0.0701 e. The summed E-state index contributed by atoms with van der Waals surface area (Å²) in [5.74, 6) is 0.731. The summed E-state index contributed by atoms with van der Waals surface area (Å²) >= 11 is 3.73. The highest BCUT2D eigenvalue weighted by Crippen LogP contribution is 2.22. The molecule has 0 saturated carbocycles. The molecule has 126 valence electrons. The minimum absolute atomic E-state index is 0.664. The average molecular weight is 366 g/mol. The Bertz CT molecular complexity index is 244. The molecule has 1 heterocycles. The van der Waals surface area contributed by atoms with Crippen molar-refractivity contribution in [1.29, 1.82) is 0 Å². The molecule has 0 spiro atoms. The molecular formula is C16H32BrNO3. The Balaban J connectivity index is 1.80. The lowest BCUT2D eigenvalue weighted by molar-refractivity contribution is 0.00856. The van der Waals surface area contributed by atoms with Crippen molar-refractivity contribution in [2.75, 3.05) is 59.3 Å². The van der Waals surface area contributed by atoms with Crippen molar-refractivity contribution in [3.05, 3.63) is 0 Å². The number of ether oxygens (including phenoxy) is 3. The van der Waals surface area contributed by atoms with Gasteiger partial charge in [-0.15, -0.1) is 0 Å². The zero-order valence-corrected chi connectivity index (χ0v) is 15.3. The van der Waals surface area contributed by atoms with Gasteiger partial charge in [-0.3, -0.25) is 0 Å². The maximum atomic E-state index is 5.62. The summed E-state index contributed by atoms with van der Waals surface area (Å²) in [6.45, 7) is 12.2. The summed E-state index contributed by atoms with van der Waals surface area (Å²) in [5.41, 5.74) is 0. The molecule has 0 aromatic rings. The molecule has 0 N–H and O–H groups in total. The van der Waals surface area contributed by atoms with Gasteiger partial charge in [0.15, 0.2) is 0 Å². The van der Waals surface area contributed by atoms with Crippen LogP contribution in [0.25, 0.3) is 0 Å². The van der Waals surface area contributed by atoms with Crippen LogP contribution in [-0.2, 0) is 14.2 Å². The number of halogens is 1. The molecule has 0 radical (unpaired) electrons. The van der Waals surface area contributed by atoms with Crippen LogP contribution < -0.4 is 0 Å². The second-order valence-corrected chi connectivity index (χ2v) is 6.95. The van der Waals surface area contributed by atoms with Crippen LogP contribution in [0.5, 0.6) is 0 Å². The SMILES string of the molecule is CCCCOCCOCCOCCN1CCC(Br)C(C)C1. The molecule has 0 aromatic carbocycles. The maximum absolute atomic E-state index is 5.62. The van der Waals surface area contributed by atoms with E-state index in [2.05, 4.69) is 34.7 Å². The van der Waals surface area contributed by atoms with Crippen molar-refractivity contribution in [2.45, 2.75) is 37.9 Å². The fourth-order valence-electron chi connectivity index (χ4n) is 2.39. The highest BCUT2D eigenvalue weighted by Gasteiger charge is 2.23. The molecule has 5 heteroatoms. The van der Waals surface area contributed by atoms with E-state index in [9.17, 15) is 0 Å². The first-order valence-electron chi connectivity index (χ1n) is 8.33. The molecule has 1 aliphatic rings. The van der Waals surface area contributed by atoms with E-state index in [0.717, 1.165) is 32.1 Å². The van der Waals surface area contributed by atoms with Gasteiger partial charge in [0.25, 0.3) is 0 Å². The van der Waals surface area contributed by atoms with E-state index in [0.29, 0.717) is 31.3 Å². The van der Waals surface area contributed by atoms with Crippen molar-refractivity contribution in [1.82, 2.24) is 4.90 Å². The second-order valence-electron chi connectivity index (χ2n) is 5.77. The molecule has 2 unspecified atom stereocenters. The lowest BCUT2D eigenvalue weighted by Gasteiger charge is -2.34. The number of likely N-dealkylation sites (tertiary alicyclic amines) is 1. The van der Waals surface area contributed by atoms with Crippen molar-refractivity contribution < 1.29 is 14.2 Å². The summed E-state index contributed by atoms with van der Waals surface area (Å²) in [6, 6.07) is 0. The molecule has 1 fully saturated rings. The van der Waals surface area contributed by atoms with Crippen LogP contribution in [0.1, 0.15) is 33.1 Å². The van der Waals surface area contributed by atoms with E-state index in [1.807, 2.05) is 0 Å². The standard InChI is InChI=1S/C16H32BrNO3/c1-3-4-8-19-10-12-21-13-11-20-9-7-18-6-5-16(17)15(2)14-18/h15-16H,3-14H2,1-2H3. The summed E-state index contributed by atoms with van der Waals surface area (Å²) < 4.78 is 16.5. The molecular weight excluding hydrogens is 334 g/mol. The van der Waals surface area contributed by atoms with Gasteiger partial charge in [-0.05, 0) is 25.3 Å². The van der Waals surface area contributed by atoms with Gasteiger partial charge in [0.2, 0.25) is 0 Å². The van der Waals surface area contributed by atoms with Crippen LogP contribution in [0.4, 0.5) is 0 Å². The van der Waals surface area contributed by atoms with Crippen molar-refractivity contribution in [3.8, 4) is 0 Å². The zero-order valence-electron chi connectivity index (χ0n) is 13.7. The fourth-order valence-corrected chi connectivity index (χ4v) is 2.76. The molecule has 4 nitrogen and oxygen atoms in total. The minimum Gasteiger partial charge on any atom is -0.379 e. The summed E-state index contributed by atoms with van der Waals surface area (Å²) in [7, 11) is 0. The third-order valence-electron chi connectivity index (χ3n) is 3.82. The first-order valence-corrected chi connectivity index (χ1v) is 9.25. The van der Waals surface area contributed by atoms with E-state index in [1.54, 1.807) is 0 Å². The number of unbranched alkanes of at least 4 members (excludes halogenated alkanes) is 1. The summed E-state index contributed by atoms with van der Waals surface area (Å²) in [6.07, 6.45) is 3.55. The third-order valence-corrected chi connectivity index (χ3v) is 5.18. The first kappa shape index (κ1) is 19.4. The van der Waals surface area contributed by atoms with Gasteiger partial charge in [-0.1, -0.05) is 36.2 Å². The Morgan fingerprint density at radius 1 is 1.00 bits per heavy atom. The van der Waals surface area contributed by atoms with Crippen LogP contribution in [0.2, 0.25) is 0 Å². The topological polar surface area (TPSA) is 30.9 Å². The van der Waals surface area contributed by atoms with Gasteiger partial charge in [0.1, 0.15) is 0 Å². The van der Waals surface area contributed by atoms with Crippen LogP contribution in [0.3, 0.4) is 0 Å². The fraction of sp³-hybridized carbons (Fsp3) is 1.00. The van der Waals surface area contributed by atoms with E-state index in [4.69, 9.17) is 14.2 Å².